The Kier molecular flexibility index (Phi) is 3.67. The van der Waals surface area contributed by atoms with Crippen LogP contribution in [-0.2, 0) is 5.75 Å². The second-order valence-corrected chi connectivity index (χ2v) is 5.49. The molecule has 0 fully saturated rings. The summed E-state index contributed by atoms with van der Waals surface area (Å²) in [6, 6.07) is 16.0. The van der Waals surface area contributed by atoms with Crippen LogP contribution in [0.1, 0.15) is 5.56 Å². The average molecular weight is 287 g/mol. The summed E-state index contributed by atoms with van der Waals surface area (Å²) in [5, 5.41) is 12.2. The van der Waals surface area contributed by atoms with Gasteiger partial charge in [-0.05, 0) is 11.6 Å². The maximum absolute atomic E-state index is 6.16. The molecule has 3 aromatic rings. The molecule has 0 aliphatic heterocycles. The molecule has 0 aliphatic carbocycles. The van der Waals surface area contributed by atoms with Gasteiger partial charge in [0.05, 0.1) is 6.20 Å². The zero-order valence-electron chi connectivity index (χ0n) is 10.1. The Morgan fingerprint density at radius 1 is 1.00 bits per heavy atom. The highest BCUT2D eigenvalue weighted by Gasteiger charge is 2.05. The van der Waals surface area contributed by atoms with E-state index in [0.29, 0.717) is 0 Å². The minimum absolute atomic E-state index is 0.794. The molecule has 0 amide bonds. The Balaban J connectivity index is 1.88. The number of hydrogen-bond donors (Lipinski definition) is 0. The molecule has 0 atom stereocenters. The van der Waals surface area contributed by atoms with E-state index in [1.807, 2.05) is 42.5 Å². The van der Waals surface area contributed by atoms with E-state index in [9.17, 15) is 0 Å². The van der Waals surface area contributed by atoms with Crippen molar-refractivity contribution in [2.24, 2.45) is 0 Å². The Morgan fingerprint density at radius 3 is 2.68 bits per heavy atom. The fourth-order valence-corrected chi connectivity index (χ4v) is 3.14. The number of fused-ring (bicyclic) bond motifs is 1. The number of halogens is 1. The van der Waals surface area contributed by atoms with Crippen LogP contribution < -0.4 is 0 Å². The highest BCUT2D eigenvalue weighted by molar-refractivity contribution is 7.98. The van der Waals surface area contributed by atoms with Gasteiger partial charge in [0.15, 0.2) is 0 Å². The molecule has 0 N–H and O–H groups in total. The van der Waals surface area contributed by atoms with Gasteiger partial charge in [0.1, 0.15) is 5.03 Å². The van der Waals surface area contributed by atoms with Gasteiger partial charge in [0.2, 0.25) is 0 Å². The van der Waals surface area contributed by atoms with Gasteiger partial charge in [0, 0.05) is 21.5 Å². The third-order valence-corrected chi connectivity index (χ3v) is 4.26. The Bertz CT molecular complexity index is 710. The molecule has 3 rings (SSSR count). The lowest BCUT2D eigenvalue weighted by atomic mass is 10.2. The topological polar surface area (TPSA) is 25.8 Å². The van der Waals surface area contributed by atoms with E-state index >= 15 is 0 Å². The van der Waals surface area contributed by atoms with Crippen LogP contribution in [0.25, 0.3) is 10.8 Å². The van der Waals surface area contributed by atoms with Gasteiger partial charge in [-0.2, -0.15) is 5.10 Å². The van der Waals surface area contributed by atoms with E-state index in [1.54, 1.807) is 18.0 Å². The second kappa shape index (κ2) is 5.59. The molecule has 0 radical (unpaired) electrons. The molecule has 0 unspecified atom stereocenters. The number of thioether (sulfide) groups is 1. The molecule has 2 aromatic carbocycles. The van der Waals surface area contributed by atoms with Crippen LogP contribution in [0.2, 0.25) is 5.02 Å². The smallest absolute Gasteiger partial charge is 0.127 e. The minimum Gasteiger partial charge on any atom is -0.157 e. The predicted molar refractivity (Wildman–Crippen MR) is 80.6 cm³/mol. The highest BCUT2D eigenvalue weighted by atomic mass is 35.5. The van der Waals surface area contributed by atoms with Crippen molar-refractivity contribution in [3.8, 4) is 0 Å². The van der Waals surface area contributed by atoms with Gasteiger partial charge in [0.25, 0.3) is 0 Å². The molecule has 94 valence electrons. The van der Waals surface area contributed by atoms with Gasteiger partial charge < -0.3 is 0 Å². The van der Waals surface area contributed by atoms with Crippen molar-refractivity contribution in [2.45, 2.75) is 10.8 Å². The number of benzene rings is 2. The third kappa shape index (κ3) is 2.72. The molecular formula is C15H11ClN2S. The Labute approximate surface area is 120 Å². The third-order valence-electron chi connectivity index (χ3n) is 2.86. The van der Waals surface area contributed by atoms with Crippen molar-refractivity contribution in [1.29, 1.82) is 0 Å². The molecular weight excluding hydrogens is 276 g/mol. The lowest BCUT2D eigenvalue weighted by molar-refractivity contribution is 0.955. The van der Waals surface area contributed by atoms with E-state index in [0.717, 1.165) is 32.1 Å². The molecule has 19 heavy (non-hydrogen) atoms. The van der Waals surface area contributed by atoms with E-state index in [1.165, 1.54) is 0 Å². The number of hydrogen-bond acceptors (Lipinski definition) is 3. The molecule has 2 nitrogen and oxygen atoms in total. The minimum atomic E-state index is 0.794. The summed E-state index contributed by atoms with van der Waals surface area (Å²) in [5.41, 5.74) is 1.11. The van der Waals surface area contributed by atoms with Crippen LogP contribution in [0.5, 0.6) is 0 Å². The summed E-state index contributed by atoms with van der Waals surface area (Å²) < 4.78 is 0. The lowest BCUT2D eigenvalue weighted by Crippen LogP contribution is -1.89. The monoisotopic (exact) mass is 286 g/mol. The first-order valence-electron chi connectivity index (χ1n) is 5.91. The molecule has 0 aliphatic rings. The summed E-state index contributed by atoms with van der Waals surface area (Å²) >= 11 is 7.82. The van der Waals surface area contributed by atoms with Gasteiger partial charge in [-0.15, -0.1) is 5.10 Å². The van der Waals surface area contributed by atoms with Gasteiger partial charge in [-0.25, -0.2) is 0 Å². The molecule has 1 aromatic heterocycles. The largest absolute Gasteiger partial charge is 0.157 e. The van der Waals surface area contributed by atoms with Crippen molar-refractivity contribution in [3.63, 3.8) is 0 Å². The lowest BCUT2D eigenvalue weighted by Gasteiger charge is -2.05. The Hall–Kier alpha value is -1.58. The van der Waals surface area contributed by atoms with Crippen molar-refractivity contribution in [3.05, 3.63) is 65.3 Å². The average Bonchev–Trinajstić information content (AvgIpc) is 2.46. The molecule has 0 spiro atoms. The molecule has 0 saturated carbocycles. The predicted octanol–water partition coefficient (Wildman–Crippen LogP) is 4.58. The molecule has 4 heteroatoms. The standard InChI is InChI=1S/C15H11ClN2S/c16-14-8-4-2-6-12(14)10-19-15-13-7-3-1-5-11(13)9-17-18-15/h1-9H,10H2. The van der Waals surface area contributed by atoms with Crippen molar-refractivity contribution in [1.82, 2.24) is 10.2 Å². The van der Waals surface area contributed by atoms with E-state index in [2.05, 4.69) is 16.3 Å². The summed E-state index contributed by atoms with van der Waals surface area (Å²) in [6.07, 6.45) is 1.79. The van der Waals surface area contributed by atoms with Gasteiger partial charge in [-0.3, -0.25) is 0 Å². The van der Waals surface area contributed by atoms with Gasteiger partial charge >= 0.3 is 0 Å². The maximum atomic E-state index is 6.16. The fraction of sp³-hybridized carbons (Fsp3) is 0.0667. The van der Waals surface area contributed by atoms with Crippen LogP contribution in [-0.4, -0.2) is 10.2 Å². The van der Waals surface area contributed by atoms with Crippen LogP contribution in [0, 0.1) is 0 Å². The van der Waals surface area contributed by atoms with Crippen LogP contribution in [0.4, 0.5) is 0 Å². The second-order valence-electron chi connectivity index (χ2n) is 4.12. The molecule has 0 bridgehead atoms. The Morgan fingerprint density at radius 2 is 1.79 bits per heavy atom. The summed E-state index contributed by atoms with van der Waals surface area (Å²) in [6.45, 7) is 0. The van der Waals surface area contributed by atoms with Crippen LogP contribution in [0.15, 0.2) is 59.8 Å². The van der Waals surface area contributed by atoms with Crippen molar-refractivity contribution >= 4 is 34.1 Å². The first kappa shape index (κ1) is 12.5. The number of rotatable bonds is 3. The fourth-order valence-electron chi connectivity index (χ4n) is 1.87. The first-order valence-corrected chi connectivity index (χ1v) is 7.27. The van der Waals surface area contributed by atoms with Crippen LogP contribution >= 0.6 is 23.4 Å². The van der Waals surface area contributed by atoms with Crippen LogP contribution in [0.3, 0.4) is 0 Å². The summed E-state index contributed by atoms with van der Waals surface area (Å²) in [7, 11) is 0. The van der Waals surface area contributed by atoms with E-state index in [4.69, 9.17) is 11.6 Å². The number of nitrogens with zero attached hydrogens (tertiary/aromatic N) is 2. The SMILES string of the molecule is Clc1ccccc1CSc1nncc2ccccc12. The van der Waals surface area contributed by atoms with E-state index in [-0.39, 0.29) is 0 Å². The van der Waals surface area contributed by atoms with E-state index < -0.39 is 0 Å². The highest BCUT2D eigenvalue weighted by Crippen LogP contribution is 2.29. The summed E-state index contributed by atoms with van der Waals surface area (Å²) in [4.78, 5) is 0. The normalized spacial score (nSPS) is 10.8. The molecule has 0 saturated heterocycles. The molecule has 1 heterocycles. The zero-order valence-corrected chi connectivity index (χ0v) is 11.7. The summed E-state index contributed by atoms with van der Waals surface area (Å²) in [5.74, 6) is 0.794. The van der Waals surface area contributed by atoms with Crippen molar-refractivity contribution < 1.29 is 0 Å². The zero-order chi connectivity index (χ0) is 13.1. The van der Waals surface area contributed by atoms with Gasteiger partial charge in [-0.1, -0.05) is 65.8 Å². The van der Waals surface area contributed by atoms with Crippen molar-refractivity contribution in [2.75, 3.05) is 0 Å². The first-order chi connectivity index (χ1) is 9.34. The quantitative estimate of drug-likeness (QED) is 0.659. The maximum Gasteiger partial charge on any atom is 0.127 e. The number of aromatic nitrogens is 2.